The first kappa shape index (κ1) is 18.8. The molecule has 30 heavy (non-hydrogen) atoms. The lowest BCUT2D eigenvalue weighted by atomic mass is 10.0. The lowest BCUT2D eigenvalue weighted by Gasteiger charge is -2.17. The zero-order valence-electron chi connectivity index (χ0n) is 16.3. The molecule has 0 saturated heterocycles. The highest BCUT2D eigenvalue weighted by atomic mass is 32.2. The number of nitrogens with zero attached hydrogens (tertiary/aromatic N) is 2. The van der Waals surface area contributed by atoms with Crippen LogP contribution in [0, 0.1) is 5.92 Å². The highest BCUT2D eigenvalue weighted by Crippen LogP contribution is 2.32. The molecule has 3 aromatic carbocycles. The summed E-state index contributed by atoms with van der Waals surface area (Å²) in [7, 11) is -3.79. The number of rotatable bonds is 5. The van der Waals surface area contributed by atoms with Crippen LogP contribution in [0.1, 0.15) is 12.8 Å². The number of fused-ring (bicyclic) bond motifs is 2. The first-order valence-electron chi connectivity index (χ1n) is 9.95. The van der Waals surface area contributed by atoms with Crippen LogP contribution in [0.2, 0.25) is 0 Å². The predicted molar refractivity (Wildman–Crippen MR) is 117 cm³/mol. The maximum absolute atomic E-state index is 13.5. The summed E-state index contributed by atoms with van der Waals surface area (Å²) in [5.41, 5.74) is 0.589. The van der Waals surface area contributed by atoms with Gasteiger partial charge in [-0.05, 0) is 54.6 Å². The Morgan fingerprint density at radius 3 is 2.77 bits per heavy atom. The Labute approximate surface area is 174 Å². The van der Waals surface area contributed by atoms with Gasteiger partial charge >= 0.3 is 0 Å². The van der Waals surface area contributed by atoms with Gasteiger partial charge in [0, 0.05) is 17.3 Å². The molecular weight excluding hydrogens is 398 g/mol. The van der Waals surface area contributed by atoms with Crippen LogP contribution in [0.15, 0.2) is 75.6 Å². The van der Waals surface area contributed by atoms with Crippen LogP contribution in [0.5, 0.6) is 5.75 Å². The van der Waals surface area contributed by atoms with E-state index in [-0.39, 0.29) is 9.92 Å². The average molecular weight is 420 g/mol. The van der Waals surface area contributed by atoms with Gasteiger partial charge in [-0.25, -0.2) is 8.42 Å². The van der Waals surface area contributed by atoms with E-state index in [1.807, 2.05) is 42.6 Å². The van der Waals surface area contributed by atoms with Crippen molar-refractivity contribution in [2.24, 2.45) is 10.9 Å². The van der Waals surface area contributed by atoms with Crippen molar-refractivity contribution < 1.29 is 13.2 Å². The summed E-state index contributed by atoms with van der Waals surface area (Å²) < 4.78 is 33.0. The van der Waals surface area contributed by atoms with E-state index in [4.69, 9.17) is 4.74 Å². The van der Waals surface area contributed by atoms with Gasteiger partial charge in [0.05, 0.1) is 17.0 Å². The van der Waals surface area contributed by atoms with Crippen molar-refractivity contribution in [1.29, 1.82) is 0 Å². The molecule has 0 amide bonds. The third kappa shape index (κ3) is 3.35. The van der Waals surface area contributed by atoms with Gasteiger partial charge in [0.15, 0.2) is 5.03 Å². The smallest absolute Gasteiger partial charge is 0.224 e. The SMILES string of the molecule is O=S(=O)(c1cccc2ccccc12)c1[nH]nc2ccc(OCC3CC=NCC3)cc12. The Morgan fingerprint density at radius 2 is 1.90 bits per heavy atom. The number of ether oxygens (including phenoxy) is 1. The van der Waals surface area contributed by atoms with E-state index >= 15 is 0 Å². The number of nitrogens with one attached hydrogen (secondary N) is 1. The van der Waals surface area contributed by atoms with E-state index in [1.165, 1.54) is 0 Å². The number of H-pyrrole nitrogens is 1. The normalized spacial score (nSPS) is 16.9. The monoisotopic (exact) mass is 419 g/mol. The summed E-state index contributed by atoms with van der Waals surface area (Å²) in [6, 6.07) is 18.1. The van der Waals surface area contributed by atoms with E-state index in [2.05, 4.69) is 15.2 Å². The molecule has 1 unspecified atom stereocenters. The number of hydrogen-bond donors (Lipinski definition) is 1. The Hall–Kier alpha value is -3.19. The van der Waals surface area contributed by atoms with Gasteiger partial charge in [0.2, 0.25) is 9.84 Å². The summed E-state index contributed by atoms with van der Waals surface area (Å²) in [6.07, 6.45) is 3.87. The molecule has 1 aromatic heterocycles. The van der Waals surface area contributed by atoms with E-state index in [0.717, 1.165) is 24.8 Å². The van der Waals surface area contributed by atoms with Crippen LogP contribution in [-0.2, 0) is 9.84 Å². The topological polar surface area (TPSA) is 84.4 Å². The fraction of sp³-hybridized carbons (Fsp3) is 0.217. The predicted octanol–water partition coefficient (Wildman–Crippen LogP) is 4.41. The standard InChI is InChI=1S/C23H21N3O3S/c27-30(28,22-7-3-5-17-4-1-2-6-19(17)22)23-20-14-18(8-9-21(20)25-26-23)29-15-16-10-12-24-13-11-16/h1-9,12,14,16H,10-11,13,15H2,(H,25,26). The molecule has 152 valence electrons. The Bertz CT molecular complexity index is 1350. The number of benzene rings is 3. The molecule has 2 heterocycles. The van der Waals surface area contributed by atoms with Gasteiger partial charge in [-0.3, -0.25) is 10.1 Å². The van der Waals surface area contributed by atoms with Crippen LogP contribution < -0.4 is 4.74 Å². The summed E-state index contributed by atoms with van der Waals surface area (Å²) in [4.78, 5) is 4.51. The van der Waals surface area contributed by atoms with Crippen molar-refractivity contribution in [3.63, 3.8) is 0 Å². The first-order chi connectivity index (χ1) is 14.6. The van der Waals surface area contributed by atoms with Crippen molar-refractivity contribution >= 4 is 37.7 Å². The molecule has 6 nitrogen and oxygen atoms in total. The first-order valence-corrected chi connectivity index (χ1v) is 11.4. The molecule has 1 atom stereocenters. The molecule has 0 spiro atoms. The Morgan fingerprint density at radius 1 is 1.03 bits per heavy atom. The van der Waals surface area contributed by atoms with Crippen LogP contribution in [-0.4, -0.2) is 38.0 Å². The molecule has 0 radical (unpaired) electrons. The maximum atomic E-state index is 13.5. The maximum Gasteiger partial charge on any atom is 0.224 e. The van der Waals surface area contributed by atoms with E-state index in [0.29, 0.717) is 34.6 Å². The number of hydrogen-bond acceptors (Lipinski definition) is 5. The van der Waals surface area contributed by atoms with Crippen LogP contribution in [0.25, 0.3) is 21.7 Å². The van der Waals surface area contributed by atoms with Gasteiger partial charge in [-0.15, -0.1) is 0 Å². The quantitative estimate of drug-likeness (QED) is 0.519. The fourth-order valence-corrected chi connectivity index (χ4v) is 5.43. The molecule has 5 rings (SSSR count). The molecule has 4 aromatic rings. The molecule has 0 saturated carbocycles. The van der Waals surface area contributed by atoms with E-state index < -0.39 is 9.84 Å². The molecule has 1 aliphatic heterocycles. The minimum atomic E-state index is -3.79. The van der Waals surface area contributed by atoms with E-state index in [9.17, 15) is 8.42 Å². The molecule has 1 aliphatic rings. The van der Waals surface area contributed by atoms with Gasteiger partial charge in [0.1, 0.15) is 5.75 Å². The molecule has 1 N–H and O–H groups in total. The summed E-state index contributed by atoms with van der Waals surface area (Å²) in [6.45, 7) is 1.42. The summed E-state index contributed by atoms with van der Waals surface area (Å²) in [5, 5.41) is 9.13. The van der Waals surface area contributed by atoms with Crippen LogP contribution in [0.3, 0.4) is 0 Å². The number of aromatic nitrogens is 2. The molecule has 7 heteroatoms. The van der Waals surface area contributed by atoms with Gasteiger partial charge in [-0.2, -0.15) is 5.10 Å². The minimum absolute atomic E-state index is 0.0871. The Kier molecular flexibility index (Phi) is 4.75. The van der Waals surface area contributed by atoms with Crippen LogP contribution >= 0.6 is 0 Å². The van der Waals surface area contributed by atoms with E-state index in [1.54, 1.807) is 24.3 Å². The summed E-state index contributed by atoms with van der Waals surface area (Å²) >= 11 is 0. The second-order valence-corrected chi connectivity index (χ2v) is 9.36. The Balaban J connectivity index is 1.52. The molecule has 0 fully saturated rings. The van der Waals surface area contributed by atoms with Crippen molar-refractivity contribution in [2.75, 3.05) is 13.2 Å². The zero-order valence-corrected chi connectivity index (χ0v) is 17.1. The second-order valence-electron chi connectivity index (χ2n) is 7.50. The van der Waals surface area contributed by atoms with Crippen molar-refractivity contribution in [2.45, 2.75) is 22.8 Å². The van der Waals surface area contributed by atoms with Gasteiger partial charge < -0.3 is 4.74 Å². The largest absolute Gasteiger partial charge is 0.493 e. The zero-order chi connectivity index (χ0) is 20.6. The number of aliphatic imine (C=N–C) groups is 1. The second kappa shape index (κ2) is 7.57. The summed E-state index contributed by atoms with van der Waals surface area (Å²) in [5.74, 6) is 1.07. The number of aromatic amines is 1. The average Bonchev–Trinajstić information content (AvgIpc) is 3.22. The van der Waals surface area contributed by atoms with Crippen LogP contribution in [0.4, 0.5) is 0 Å². The minimum Gasteiger partial charge on any atom is -0.493 e. The lowest BCUT2D eigenvalue weighted by Crippen LogP contribution is -2.16. The third-order valence-electron chi connectivity index (χ3n) is 5.52. The molecule has 0 aliphatic carbocycles. The fourth-order valence-electron chi connectivity index (χ4n) is 3.86. The third-order valence-corrected chi connectivity index (χ3v) is 7.30. The highest BCUT2D eigenvalue weighted by molar-refractivity contribution is 7.91. The lowest BCUT2D eigenvalue weighted by molar-refractivity contribution is 0.244. The van der Waals surface area contributed by atoms with Gasteiger partial charge in [0.25, 0.3) is 0 Å². The number of sulfone groups is 1. The van der Waals surface area contributed by atoms with Crippen molar-refractivity contribution in [1.82, 2.24) is 10.2 Å². The van der Waals surface area contributed by atoms with Crippen molar-refractivity contribution in [3.8, 4) is 5.75 Å². The highest BCUT2D eigenvalue weighted by Gasteiger charge is 2.25. The molecular formula is C23H21N3O3S. The van der Waals surface area contributed by atoms with Gasteiger partial charge in [-0.1, -0.05) is 36.4 Å². The van der Waals surface area contributed by atoms with Crippen molar-refractivity contribution in [3.05, 3.63) is 60.7 Å². The molecule has 0 bridgehead atoms.